The van der Waals surface area contributed by atoms with E-state index >= 15 is 0 Å². The van der Waals surface area contributed by atoms with Crippen LogP contribution >= 0.6 is 11.6 Å². The molecule has 0 radical (unpaired) electrons. The number of benzene rings is 4. The third-order valence-electron chi connectivity index (χ3n) is 7.83. The molecular weight excluding hydrogens is 556 g/mol. The number of aliphatic imine (C=N–C) groups is 1. The third-order valence-corrected chi connectivity index (χ3v) is 8.09. The lowest BCUT2D eigenvalue weighted by Gasteiger charge is -2.26. The highest BCUT2D eigenvalue weighted by Crippen LogP contribution is 2.39. The molecule has 43 heavy (non-hydrogen) atoms. The number of aromatic hydroxyl groups is 1. The lowest BCUT2D eigenvalue weighted by atomic mass is 9.96. The van der Waals surface area contributed by atoms with E-state index in [1.54, 1.807) is 35.2 Å². The lowest BCUT2D eigenvalue weighted by molar-refractivity contribution is 0.0993. The highest BCUT2D eigenvalue weighted by molar-refractivity contribution is 6.30. The van der Waals surface area contributed by atoms with Crippen molar-refractivity contribution in [1.82, 2.24) is 0 Å². The zero-order chi connectivity index (χ0) is 29.6. The van der Waals surface area contributed by atoms with Crippen molar-refractivity contribution < 1.29 is 14.6 Å². The van der Waals surface area contributed by atoms with Crippen molar-refractivity contribution in [3.05, 3.63) is 148 Å². The average molecular weight is 589 g/mol. The van der Waals surface area contributed by atoms with E-state index in [4.69, 9.17) is 21.3 Å². The Bertz CT molecular complexity index is 1670. The Morgan fingerprint density at radius 1 is 0.860 bits per heavy atom. The Morgan fingerprint density at radius 2 is 1.51 bits per heavy atom. The van der Waals surface area contributed by atoms with Gasteiger partial charge >= 0.3 is 0 Å². The molecule has 1 amide bonds. The molecule has 0 unspecified atom stereocenters. The fourth-order valence-corrected chi connectivity index (χ4v) is 5.78. The van der Waals surface area contributed by atoms with Crippen LogP contribution in [0.5, 0.6) is 5.75 Å². The van der Waals surface area contributed by atoms with Gasteiger partial charge in [-0.25, -0.2) is 4.99 Å². The predicted molar refractivity (Wildman–Crippen MR) is 173 cm³/mol. The fourth-order valence-electron chi connectivity index (χ4n) is 5.65. The summed E-state index contributed by atoms with van der Waals surface area (Å²) in [6, 6.07) is 34.0. The maximum Gasteiger partial charge on any atom is 0.266 e. The Balaban J connectivity index is 1.60. The number of halogens is 1. The molecule has 0 atom stereocenters. The summed E-state index contributed by atoms with van der Waals surface area (Å²) in [5.41, 5.74) is 4.24. The number of rotatable bonds is 7. The van der Waals surface area contributed by atoms with Gasteiger partial charge in [-0.3, -0.25) is 9.69 Å². The van der Waals surface area contributed by atoms with Gasteiger partial charge in [-0.1, -0.05) is 104 Å². The van der Waals surface area contributed by atoms with Crippen LogP contribution in [0.3, 0.4) is 0 Å². The van der Waals surface area contributed by atoms with E-state index in [-0.39, 0.29) is 23.3 Å². The number of phenols is 1. The Hall–Kier alpha value is -4.61. The maximum atomic E-state index is 14.5. The SMILES string of the molecule is O=C(c1ccccc1O)N(C1=C(Cc2ccccc2)/C(=C/c2ccccc2)OC1=NC1CCCCC1)c1ccc(Cl)cc1. The van der Waals surface area contributed by atoms with Gasteiger partial charge in [0.05, 0.1) is 11.6 Å². The number of para-hydroxylation sites is 1. The standard InChI is InChI=1S/C37H33ClN2O3/c38-28-20-22-30(23-21-28)40(37(42)31-18-10-11-19-33(31)41)35-32(24-26-12-4-1-5-13-26)34(25-27-14-6-2-7-15-27)43-36(35)39-29-16-8-3-9-17-29/h1-2,4-7,10-15,18-23,25,29,41H,3,8-9,16-17,24H2/b34-25-,39-36?. The number of anilines is 1. The van der Waals surface area contributed by atoms with Crippen molar-refractivity contribution in [2.75, 3.05) is 4.90 Å². The van der Waals surface area contributed by atoms with Crippen molar-refractivity contribution in [3.8, 4) is 5.75 Å². The zero-order valence-electron chi connectivity index (χ0n) is 23.8. The summed E-state index contributed by atoms with van der Waals surface area (Å²) < 4.78 is 6.66. The average Bonchev–Trinajstić information content (AvgIpc) is 3.35. The smallest absolute Gasteiger partial charge is 0.266 e. The molecule has 1 fully saturated rings. The van der Waals surface area contributed by atoms with Gasteiger partial charge in [0.15, 0.2) is 0 Å². The van der Waals surface area contributed by atoms with E-state index in [2.05, 4.69) is 12.1 Å². The number of ether oxygens (including phenoxy) is 1. The van der Waals surface area contributed by atoms with E-state index in [1.165, 1.54) is 12.5 Å². The molecule has 1 heterocycles. The van der Waals surface area contributed by atoms with E-state index in [0.717, 1.165) is 42.4 Å². The molecule has 4 aromatic rings. The second kappa shape index (κ2) is 13.1. The minimum absolute atomic E-state index is 0.0959. The van der Waals surface area contributed by atoms with Crippen LogP contribution in [0.4, 0.5) is 5.69 Å². The van der Waals surface area contributed by atoms with E-state index in [0.29, 0.717) is 34.5 Å². The summed E-state index contributed by atoms with van der Waals surface area (Å²) in [6.07, 6.45) is 7.89. The summed E-state index contributed by atoms with van der Waals surface area (Å²) >= 11 is 6.29. The Labute approximate surface area is 257 Å². The number of phenolic OH excluding ortho intramolecular Hbond substituents is 1. The van der Waals surface area contributed by atoms with Crippen LogP contribution in [-0.2, 0) is 11.2 Å². The number of amides is 1. The highest BCUT2D eigenvalue weighted by Gasteiger charge is 2.37. The van der Waals surface area contributed by atoms with Gasteiger partial charge in [0.2, 0.25) is 5.90 Å². The van der Waals surface area contributed by atoms with Crippen molar-refractivity contribution in [3.63, 3.8) is 0 Å². The van der Waals surface area contributed by atoms with E-state index in [9.17, 15) is 9.90 Å². The molecule has 4 aromatic carbocycles. The molecule has 5 nitrogen and oxygen atoms in total. The molecule has 1 aliphatic heterocycles. The third kappa shape index (κ3) is 6.58. The highest BCUT2D eigenvalue weighted by atomic mass is 35.5. The van der Waals surface area contributed by atoms with Crippen LogP contribution in [0.2, 0.25) is 5.02 Å². The minimum atomic E-state index is -0.387. The summed E-state index contributed by atoms with van der Waals surface area (Å²) in [6.45, 7) is 0. The van der Waals surface area contributed by atoms with Crippen LogP contribution in [0.15, 0.2) is 131 Å². The summed E-state index contributed by atoms with van der Waals surface area (Å²) in [4.78, 5) is 21.3. The van der Waals surface area contributed by atoms with Gasteiger partial charge in [0, 0.05) is 22.7 Å². The number of nitrogens with zero attached hydrogens (tertiary/aromatic N) is 2. The molecule has 6 heteroatoms. The number of allylic oxidation sites excluding steroid dienone is 1. The monoisotopic (exact) mass is 588 g/mol. The number of hydrogen-bond acceptors (Lipinski definition) is 4. The van der Waals surface area contributed by atoms with Crippen molar-refractivity contribution in [2.24, 2.45) is 4.99 Å². The quantitative estimate of drug-likeness (QED) is 0.234. The first-order valence-corrected chi connectivity index (χ1v) is 15.1. The molecular formula is C37H33ClN2O3. The van der Waals surface area contributed by atoms with Gasteiger partial charge in [0.25, 0.3) is 5.91 Å². The first kappa shape index (κ1) is 28.5. The molecule has 0 bridgehead atoms. The van der Waals surface area contributed by atoms with Gasteiger partial charge in [-0.05, 0) is 66.4 Å². The van der Waals surface area contributed by atoms with Crippen molar-refractivity contribution in [2.45, 2.75) is 44.6 Å². The normalized spacial score (nSPS) is 17.3. The molecule has 1 saturated carbocycles. The zero-order valence-corrected chi connectivity index (χ0v) is 24.6. The fraction of sp³-hybridized carbons (Fsp3) is 0.189. The van der Waals surface area contributed by atoms with Crippen LogP contribution in [0, 0.1) is 0 Å². The molecule has 2 aliphatic rings. The number of carbonyl (C=O) groups is 1. The first-order valence-electron chi connectivity index (χ1n) is 14.7. The molecule has 0 saturated heterocycles. The van der Waals surface area contributed by atoms with Crippen LogP contribution in [0.25, 0.3) is 6.08 Å². The Kier molecular flexibility index (Phi) is 8.71. The van der Waals surface area contributed by atoms with Gasteiger partial charge in [-0.2, -0.15) is 0 Å². The van der Waals surface area contributed by atoms with Gasteiger partial charge in [0.1, 0.15) is 17.2 Å². The van der Waals surface area contributed by atoms with Crippen LogP contribution in [-0.4, -0.2) is 23.0 Å². The molecule has 1 aliphatic carbocycles. The largest absolute Gasteiger partial charge is 0.507 e. The summed E-state index contributed by atoms with van der Waals surface area (Å²) in [5.74, 6) is 0.575. The molecule has 1 N–H and O–H groups in total. The first-order chi connectivity index (χ1) is 21.1. The van der Waals surface area contributed by atoms with E-state index in [1.807, 2.05) is 66.7 Å². The Morgan fingerprint density at radius 3 is 2.21 bits per heavy atom. The molecule has 0 aromatic heterocycles. The van der Waals surface area contributed by atoms with Crippen molar-refractivity contribution >= 4 is 35.2 Å². The molecule has 6 rings (SSSR count). The summed E-state index contributed by atoms with van der Waals surface area (Å²) in [7, 11) is 0. The second-order valence-corrected chi connectivity index (χ2v) is 11.3. The van der Waals surface area contributed by atoms with Crippen molar-refractivity contribution in [1.29, 1.82) is 0 Å². The van der Waals surface area contributed by atoms with Crippen LogP contribution in [0.1, 0.15) is 53.6 Å². The maximum absolute atomic E-state index is 14.5. The van der Waals surface area contributed by atoms with Gasteiger partial charge in [-0.15, -0.1) is 0 Å². The number of hydrogen-bond donors (Lipinski definition) is 1. The minimum Gasteiger partial charge on any atom is -0.507 e. The predicted octanol–water partition coefficient (Wildman–Crippen LogP) is 8.99. The van der Waals surface area contributed by atoms with Gasteiger partial charge < -0.3 is 9.84 Å². The number of carbonyl (C=O) groups excluding carboxylic acids is 1. The topological polar surface area (TPSA) is 62.1 Å². The second-order valence-electron chi connectivity index (χ2n) is 10.9. The van der Waals surface area contributed by atoms with E-state index < -0.39 is 0 Å². The molecule has 0 spiro atoms. The summed E-state index contributed by atoms with van der Waals surface area (Å²) in [5, 5.41) is 11.3. The molecule has 216 valence electrons. The van der Waals surface area contributed by atoms with Crippen LogP contribution < -0.4 is 4.90 Å². The lowest BCUT2D eigenvalue weighted by Crippen LogP contribution is -2.34.